The second-order valence-corrected chi connectivity index (χ2v) is 5.26. The Hall–Kier alpha value is -2.78. The molecular weight excluding hydrogens is 282 g/mol. The minimum absolute atomic E-state index is 0.212. The molecule has 0 amide bonds. The van der Waals surface area contributed by atoms with Gasteiger partial charge in [0, 0.05) is 11.8 Å². The maximum Gasteiger partial charge on any atom is 0.142 e. The van der Waals surface area contributed by atoms with Crippen molar-refractivity contribution in [2.45, 2.75) is 6.92 Å². The van der Waals surface area contributed by atoms with E-state index in [2.05, 4.69) is 21.0 Å². The van der Waals surface area contributed by atoms with Crippen LogP contribution in [0.15, 0.2) is 36.0 Å². The fraction of sp³-hybridized carbons (Fsp3) is 0.0667. The summed E-state index contributed by atoms with van der Waals surface area (Å²) in [5.74, 6) is 0.212. The average molecular weight is 293 g/mol. The molecular formula is C15H11N5S. The van der Waals surface area contributed by atoms with Crippen LogP contribution in [-0.2, 0) is 0 Å². The lowest BCUT2D eigenvalue weighted by Crippen LogP contribution is -2.00. The van der Waals surface area contributed by atoms with Crippen LogP contribution in [0.3, 0.4) is 0 Å². The summed E-state index contributed by atoms with van der Waals surface area (Å²) in [6.45, 7) is 1.91. The highest BCUT2D eigenvalue weighted by atomic mass is 32.1. The summed E-state index contributed by atoms with van der Waals surface area (Å²) in [6.07, 6.45) is 1.70. The number of aromatic nitrogens is 3. The largest absolute Gasteiger partial charge is 0.383 e. The van der Waals surface area contributed by atoms with Crippen molar-refractivity contribution in [3.63, 3.8) is 0 Å². The maximum atomic E-state index is 9.35. The smallest absolute Gasteiger partial charge is 0.142 e. The molecule has 0 saturated heterocycles. The van der Waals surface area contributed by atoms with Gasteiger partial charge in [-0.3, -0.25) is 4.98 Å². The predicted molar refractivity (Wildman–Crippen MR) is 82.4 cm³/mol. The standard InChI is InChI=1S/C15H11N5S/c1-9-14(21-8-19-9)10-6-13(12-4-2-3-5-18-12)20-15(17)11(10)7-16/h2-6,8H,1H3,(H2,17,20). The van der Waals surface area contributed by atoms with E-state index in [1.54, 1.807) is 11.7 Å². The second kappa shape index (κ2) is 5.31. The molecule has 0 aromatic carbocycles. The highest BCUT2D eigenvalue weighted by Crippen LogP contribution is 2.34. The lowest BCUT2D eigenvalue weighted by molar-refractivity contribution is 1.24. The third kappa shape index (κ3) is 2.35. The first kappa shape index (κ1) is 13.2. The first-order chi connectivity index (χ1) is 10.2. The normalized spacial score (nSPS) is 10.3. The van der Waals surface area contributed by atoms with Gasteiger partial charge in [-0.25, -0.2) is 9.97 Å². The number of nitrogens with zero attached hydrogens (tertiary/aromatic N) is 4. The molecule has 0 saturated carbocycles. The van der Waals surface area contributed by atoms with Gasteiger partial charge in [-0.15, -0.1) is 11.3 Å². The van der Waals surface area contributed by atoms with E-state index in [1.807, 2.05) is 31.2 Å². The van der Waals surface area contributed by atoms with E-state index < -0.39 is 0 Å². The zero-order valence-electron chi connectivity index (χ0n) is 11.2. The molecule has 3 rings (SSSR count). The number of anilines is 1. The van der Waals surface area contributed by atoms with Crippen LogP contribution in [0.2, 0.25) is 0 Å². The van der Waals surface area contributed by atoms with E-state index in [-0.39, 0.29) is 5.82 Å². The van der Waals surface area contributed by atoms with E-state index in [9.17, 15) is 5.26 Å². The summed E-state index contributed by atoms with van der Waals surface area (Å²) in [5, 5.41) is 9.35. The van der Waals surface area contributed by atoms with E-state index in [0.717, 1.165) is 21.8 Å². The van der Waals surface area contributed by atoms with Gasteiger partial charge in [0.05, 0.1) is 27.5 Å². The Labute approximate surface area is 125 Å². The van der Waals surface area contributed by atoms with Crippen molar-refractivity contribution in [2.24, 2.45) is 0 Å². The Morgan fingerprint density at radius 2 is 2.10 bits per heavy atom. The molecule has 0 aliphatic heterocycles. The Morgan fingerprint density at radius 1 is 1.24 bits per heavy atom. The third-order valence-corrected chi connectivity index (χ3v) is 4.04. The number of pyridine rings is 2. The highest BCUT2D eigenvalue weighted by Gasteiger charge is 2.16. The average Bonchev–Trinajstić information content (AvgIpc) is 2.93. The van der Waals surface area contributed by atoms with Gasteiger partial charge in [0.1, 0.15) is 17.5 Å². The van der Waals surface area contributed by atoms with Gasteiger partial charge in [-0.2, -0.15) is 5.26 Å². The Kier molecular flexibility index (Phi) is 3.34. The molecule has 3 heterocycles. The van der Waals surface area contributed by atoms with Gasteiger partial charge in [0.2, 0.25) is 0 Å². The number of rotatable bonds is 2. The van der Waals surface area contributed by atoms with Gasteiger partial charge in [0.25, 0.3) is 0 Å². The summed E-state index contributed by atoms with van der Waals surface area (Å²) in [4.78, 5) is 13.7. The molecule has 0 unspecified atom stereocenters. The number of nitrogen functional groups attached to an aromatic ring is 1. The highest BCUT2D eigenvalue weighted by molar-refractivity contribution is 7.13. The lowest BCUT2D eigenvalue weighted by atomic mass is 10.0. The summed E-state index contributed by atoms with van der Waals surface area (Å²) >= 11 is 1.48. The fourth-order valence-electron chi connectivity index (χ4n) is 2.07. The molecule has 5 nitrogen and oxygen atoms in total. The van der Waals surface area contributed by atoms with Crippen LogP contribution in [0.1, 0.15) is 11.3 Å². The number of nitrogens with two attached hydrogens (primary N) is 1. The molecule has 3 aromatic rings. The van der Waals surface area contributed by atoms with Crippen LogP contribution < -0.4 is 5.73 Å². The first-order valence-corrected chi connectivity index (χ1v) is 7.11. The molecule has 0 aliphatic rings. The molecule has 0 radical (unpaired) electrons. The molecule has 3 aromatic heterocycles. The monoisotopic (exact) mass is 293 g/mol. The van der Waals surface area contributed by atoms with Crippen LogP contribution in [0.25, 0.3) is 21.8 Å². The summed E-state index contributed by atoms with van der Waals surface area (Å²) in [6, 6.07) is 9.56. The number of aryl methyl sites for hydroxylation is 1. The second-order valence-electron chi connectivity index (χ2n) is 4.41. The molecule has 0 spiro atoms. The maximum absolute atomic E-state index is 9.35. The Balaban J connectivity index is 2.26. The number of hydrogen-bond donors (Lipinski definition) is 1. The Morgan fingerprint density at radius 3 is 2.71 bits per heavy atom. The van der Waals surface area contributed by atoms with Gasteiger partial charge in [0.15, 0.2) is 0 Å². The van der Waals surface area contributed by atoms with Gasteiger partial charge in [-0.1, -0.05) is 6.07 Å². The van der Waals surface area contributed by atoms with Crippen molar-refractivity contribution in [3.05, 3.63) is 47.2 Å². The topological polar surface area (TPSA) is 88.5 Å². The minimum Gasteiger partial charge on any atom is -0.383 e. The Bertz CT molecular complexity index is 833. The molecule has 0 aliphatic carbocycles. The van der Waals surface area contributed by atoms with E-state index in [1.165, 1.54) is 11.3 Å². The lowest BCUT2D eigenvalue weighted by Gasteiger charge is -2.08. The van der Waals surface area contributed by atoms with Crippen LogP contribution in [0.5, 0.6) is 0 Å². The molecule has 2 N–H and O–H groups in total. The van der Waals surface area contributed by atoms with Crippen molar-refractivity contribution >= 4 is 17.2 Å². The fourth-order valence-corrected chi connectivity index (χ4v) is 2.89. The molecule has 102 valence electrons. The van der Waals surface area contributed by atoms with Crippen molar-refractivity contribution in [3.8, 4) is 27.9 Å². The molecule has 0 bridgehead atoms. The van der Waals surface area contributed by atoms with E-state index >= 15 is 0 Å². The summed E-state index contributed by atoms with van der Waals surface area (Å²) in [7, 11) is 0. The van der Waals surface area contributed by atoms with Crippen LogP contribution in [-0.4, -0.2) is 15.0 Å². The van der Waals surface area contributed by atoms with Gasteiger partial charge >= 0.3 is 0 Å². The van der Waals surface area contributed by atoms with E-state index in [0.29, 0.717) is 11.3 Å². The quantitative estimate of drug-likeness (QED) is 0.784. The van der Waals surface area contributed by atoms with Crippen LogP contribution >= 0.6 is 11.3 Å². The number of nitriles is 1. The molecule has 6 heteroatoms. The van der Waals surface area contributed by atoms with Gasteiger partial charge in [-0.05, 0) is 25.1 Å². The van der Waals surface area contributed by atoms with Crippen molar-refractivity contribution in [2.75, 3.05) is 5.73 Å². The summed E-state index contributed by atoms with van der Waals surface area (Å²) < 4.78 is 0. The minimum atomic E-state index is 0.212. The van der Waals surface area contributed by atoms with Gasteiger partial charge < -0.3 is 5.73 Å². The zero-order chi connectivity index (χ0) is 14.8. The third-order valence-electron chi connectivity index (χ3n) is 3.08. The van der Waals surface area contributed by atoms with E-state index in [4.69, 9.17) is 5.73 Å². The zero-order valence-corrected chi connectivity index (χ0v) is 12.1. The first-order valence-electron chi connectivity index (χ1n) is 6.23. The molecule has 0 atom stereocenters. The van der Waals surface area contributed by atoms with Crippen molar-refractivity contribution < 1.29 is 0 Å². The SMILES string of the molecule is Cc1ncsc1-c1cc(-c2ccccn2)nc(N)c1C#N. The number of hydrogen-bond acceptors (Lipinski definition) is 6. The van der Waals surface area contributed by atoms with Crippen molar-refractivity contribution in [1.82, 2.24) is 15.0 Å². The van der Waals surface area contributed by atoms with Crippen LogP contribution in [0, 0.1) is 18.3 Å². The predicted octanol–water partition coefficient (Wildman–Crippen LogP) is 3.03. The summed E-state index contributed by atoms with van der Waals surface area (Å²) in [5.41, 5.74) is 11.1. The van der Waals surface area contributed by atoms with Crippen molar-refractivity contribution in [1.29, 1.82) is 5.26 Å². The number of thiazole rings is 1. The molecule has 21 heavy (non-hydrogen) atoms. The van der Waals surface area contributed by atoms with Crippen LogP contribution in [0.4, 0.5) is 5.82 Å². The molecule has 0 fully saturated rings.